The van der Waals surface area contributed by atoms with Crippen LogP contribution >= 0.6 is 15.9 Å². The third-order valence-electron chi connectivity index (χ3n) is 4.31. The number of nitrogens with zero attached hydrogens (tertiary/aromatic N) is 2. The third kappa shape index (κ3) is 2.69. The van der Waals surface area contributed by atoms with Crippen molar-refractivity contribution in [2.45, 2.75) is 25.3 Å². The predicted octanol–water partition coefficient (Wildman–Crippen LogP) is 2.34. The molecule has 2 fully saturated rings. The van der Waals surface area contributed by atoms with Gasteiger partial charge in [-0.3, -0.25) is 9.69 Å². The van der Waals surface area contributed by atoms with Crippen molar-refractivity contribution >= 4 is 27.5 Å². The summed E-state index contributed by atoms with van der Waals surface area (Å²) in [5.41, 5.74) is 7.12. The first-order chi connectivity index (χ1) is 9.65. The molecule has 2 heterocycles. The van der Waals surface area contributed by atoms with Gasteiger partial charge < -0.3 is 10.6 Å². The largest absolute Gasteiger partial charge is 0.399 e. The Morgan fingerprint density at radius 2 is 2.05 bits per heavy atom. The van der Waals surface area contributed by atoms with Gasteiger partial charge in [-0.05, 0) is 59.9 Å². The van der Waals surface area contributed by atoms with Crippen LogP contribution in [0.15, 0.2) is 22.7 Å². The van der Waals surface area contributed by atoms with Crippen molar-refractivity contribution in [1.82, 2.24) is 9.80 Å². The molecule has 1 aromatic rings. The lowest BCUT2D eigenvalue weighted by Crippen LogP contribution is -2.39. The number of nitrogen functional groups attached to an aromatic ring is 1. The average molecular weight is 338 g/mol. The molecule has 0 aromatic heterocycles. The van der Waals surface area contributed by atoms with Crippen molar-refractivity contribution in [3.8, 4) is 0 Å². The molecule has 2 N–H and O–H groups in total. The van der Waals surface area contributed by atoms with E-state index in [1.165, 1.54) is 19.4 Å². The van der Waals surface area contributed by atoms with Crippen LogP contribution in [0.25, 0.3) is 0 Å². The molecule has 0 aliphatic carbocycles. The van der Waals surface area contributed by atoms with Crippen LogP contribution in [-0.4, -0.2) is 47.9 Å². The number of fused-ring (bicyclic) bond motifs is 1. The first-order valence-electron chi connectivity index (χ1n) is 7.23. The van der Waals surface area contributed by atoms with Crippen molar-refractivity contribution < 1.29 is 4.79 Å². The van der Waals surface area contributed by atoms with Crippen molar-refractivity contribution in [1.29, 1.82) is 0 Å². The summed E-state index contributed by atoms with van der Waals surface area (Å²) in [6.07, 6.45) is 3.53. The first-order valence-corrected chi connectivity index (χ1v) is 8.03. The fourth-order valence-corrected chi connectivity index (χ4v) is 3.68. The molecule has 108 valence electrons. The van der Waals surface area contributed by atoms with Gasteiger partial charge in [0.2, 0.25) is 0 Å². The zero-order chi connectivity index (χ0) is 14.1. The Morgan fingerprint density at radius 3 is 2.90 bits per heavy atom. The van der Waals surface area contributed by atoms with E-state index in [9.17, 15) is 4.79 Å². The number of hydrogen-bond donors (Lipinski definition) is 1. The Labute approximate surface area is 128 Å². The Balaban J connectivity index is 1.80. The summed E-state index contributed by atoms with van der Waals surface area (Å²) < 4.78 is 0.823. The number of benzene rings is 1. The minimum Gasteiger partial charge on any atom is -0.399 e. The maximum Gasteiger partial charge on any atom is 0.255 e. The maximum atomic E-state index is 12.7. The molecular formula is C15H20BrN3O. The minimum atomic E-state index is 0.0953. The summed E-state index contributed by atoms with van der Waals surface area (Å²) in [4.78, 5) is 17.3. The molecule has 20 heavy (non-hydrogen) atoms. The molecule has 0 saturated carbocycles. The molecule has 1 atom stereocenters. The van der Waals surface area contributed by atoms with E-state index in [1.807, 2.05) is 17.0 Å². The second-order valence-corrected chi connectivity index (χ2v) is 6.53. The van der Waals surface area contributed by atoms with Gasteiger partial charge in [-0.1, -0.05) is 0 Å². The van der Waals surface area contributed by atoms with Gasteiger partial charge in [0, 0.05) is 35.8 Å². The molecule has 1 aromatic carbocycles. The van der Waals surface area contributed by atoms with Gasteiger partial charge in [0.1, 0.15) is 0 Å². The summed E-state index contributed by atoms with van der Waals surface area (Å²) in [5, 5.41) is 0. The van der Waals surface area contributed by atoms with Crippen LogP contribution in [0.3, 0.4) is 0 Å². The fourth-order valence-electron chi connectivity index (χ4n) is 3.27. The SMILES string of the molecule is Nc1ccc(Br)c(C(=O)N2CCCN3CCCC3C2)c1. The van der Waals surface area contributed by atoms with Crippen molar-refractivity contribution in [3.05, 3.63) is 28.2 Å². The lowest BCUT2D eigenvalue weighted by Gasteiger charge is -2.26. The Kier molecular flexibility index (Phi) is 3.98. The fraction of sp³-hybridized carbons (Fsp3) is 0.533. The normalized spacial score (nSPS) is 23.4. The van der Waals surface area contributed by atoms with E-state index in [1.54, 1.807) is 6.07 Å². The Morgan fingerprint density at radius 1 is 1.25 bits per heavy atom. The number of amides is 1. The van der Waals surface area contributed by atoms with Crippen LogP contribution in [0.1, 0.15) is 29.6 Å². The molecule has 2 saturated heterocycles. The summed E-state index contributed by atoms with van der Waals surface area (Å²) in [7, 11) is 0. The second-order valence-electron chi connectivity index (χ2n) is 5.68. The highest BCUT2D eigenvalue weighted by Gasteiger charge is 2.31. The molecular weight excluding hydrogens is 318 g/mol. The Hall–Kier alpha value is -1.07. The zero-order valence-electron chi connectivity index (χ0n) is 11.5. The highest BCUT2D eigenvalue weighted by atomic mass is 79.9. The number of halogens is 1. The van der Waals surface area contributed by atoms with Gasteiger partial charge in [0.15, 0.2) is 0 Å². The van der Waals surface area contributed by atoms with E-state index in [0.29, 0.717) is 17.3 Å². The minimum absolute atomic E-state index is 0.0953. The van der Waals surface area contributed by atoms with E-state index in [0.717, 1.165) is 30.5 Å². The van der Waals surface area contributed by atoms with Crippen molar-refractivity contribution in [2.75, 3.05) is 31.9 Å². The average Bonchev–Trinajstić information content (AvgIpc) is 2.78. The highest BCUT2D eigenvalue weighted by Crippen LogP contribution is 2.25. The quantitative estimate of drug-likeness (QED) is 0.800. The summed E-state index contributed by atoms with van der Waals surface area (Å²) in [5.74, 6) is 0.0953. The third-order valence-corrected chi connectivity index (χ3v) is 5.00. The van der Waals surface area contributed by atoms with Gasteiger partial charge in [0.25, 0.3) is 5.91 Å². The number of anilines is 1. The number of rotatable bonds is 1. The standard InChI is InChI=1S/C15H20BrN3O/c16-14-5-4-11(17)9-13(14)15(20)19-8-2-7-18-6-1-3-12(18)10-19/h4-5,9,12H,1-3,6-8,10,17H2. The van der Waals surface area contributed by atoms with Crippen LogP contribution in [0, 0.1) is 0 Å². The van der Waals surface area contributed by atoms with Crippen molar-refractivity contribution in [3.63, 3.8) is 0 Å². The van der Waals surface area contributed by atoms with Crippen LogP contribution in [0.4, 0.5) is 5.69 Å². The summed E-state index contributed by atoms with van der Waals surface area (Å²) >= 11 is 3.46. The van der Waals surface area contributed by atoms with Crippen LogP contribution in [0.2, 0.25) is 0 Å². The molecule has 2 aliphatic heterocycles. The van der Waals surface area contributed by atoms with Gasteiger partial charge in [-0.2, -0.15) is 0 Å². The lowest BCUT2D eigenvalue weighted by molar-refractivity contribution is 0.0742. The van der Waals surface area contributed by atoms with E-state index in [4.69, 9.17) is 5.73 Å². The molecule has 0 spiro atoms. The van der Waals surface area contributed by atoms with Crippen molar-refractivity contribution in [2.24, 2.45) is 0 Å². The van der Waals surface area contributed by atoms with E-state index in [-0.39, 0.29) is 5.91 Å². The number of carbonyl (C=O) groups is 1. The summed E-state index contributed by atoms with van der Waals surface area (Å²) in [6, 6.07) is 5.97. The van der Waals surface area contributed by atoms with Gasteiger partial charge in [-0.15, -0.1) is 0 Å². The van der Waals surface area contributed by atoms with E-state index >= 15 is 0 Å². The molecule has 1 amide bonds. The van der Waals surface area contributed by atoms with Gasteiger partial charge in [-0.25, -0.2) is 0 Å². The van der Waals surface area contributed by atoms with E-state index in [2.05, 4.69) is 20.8 Å². The molecule has 3 rings (SSSR count). The second kappa shape index (κ2) is 5.74. The number of hydrogen-bond acceptors (Lipinski definition) is 3. The summed E-state index contributed by atoms with van der Waals surface area (Å²) in [6.45, 7) is 3.99. The molecule has 5 heteroatoms. The molecule has 0 radical (unpaired) electrons. The molecule has 2 aliphatic rings. The van der Waals surface area contributed by atoms with E-state index < -0.39 is 0 Å². The maximum absolute atomic E-state index is 12.7. The van der Waals surface area contributed by atoms with Crippen LogP contribution < -0.4 is 5.73 Å². The van der Waals surface area contributed by atoms with Crippen LogP contribution in [-0.2, 0) is 0 Å². The zero-order valence-corrected chi connectivity index (χ0v) is 13.1. The van der Waals surface area contributed by atoms with Gasteiger partial charge in [0.05, 0.1) is 5.56 Å². The smallest absolute Gasteiger partial charge is 0.255 e. The topological polar surface area (TPSA) is 49.6 Å². The number of nitrogens with two attached hydrogens (primary N) is 1. The monoisotopic (exact) mass is 337 g/mol. The van der Waals surface area contributed by atoms with Gasteiger partial charge >= 0.3 is 0 Å². The molecule has 4 nitrogen and oxygen atoms in total. The Bertz CT molecular complexity index is 520. The highest BCUT2D eigenvalue weighted by molar-refractivity contribution is 9.10. The molecule has 1 unspecified atom stereocenters. The van der Waals surface area contributed by atoms with Crippen LogP contribution in [0.5, 0.6) is 0 Å². The molecule has 0 bridgehead atoms. The lowest BCUT2D eigenvalue weighted by atomic mass is 10.1. The first kappa shape index (κ1) is 13.9. The number of carbonyl (C=O) groups excluding carboxylic acids is 1. The predicted molar refractivity (Wildman–Crippen MR) is 83.7 cm³/mol.